The lowest BCUT2D eigenvalue weighted by atomic mass is 10.4. The molecule has 1 N–H and O–H groups in total. The molecule has 0 atom stereocenters. The van der Waals surface area contributed by atoms with Crippen LogP contribution < -0.4 is 5.32 Å². The van der Waals surface area contributed by atoms with Crippen molar-refractivity contribution in [1.29, 1.82) is 0 Å². The molecule has 0 amide bonds. The van der Waals surface area contributed by atoms with Crippen molar-refractivity contribution in [3.63, 3.8) is 0 Å². The molecule has 0 spiro atoms. The summed E-state index contributed by atoms with van der Waals surface area (Å²) in [7, 11) is 1.68. The van der Waals surface area contributed by atoms with Crippen LogP contribution in [0.2, 0.25) is 0 Å². The number of nitrogens with one attached hydrogen (secondary N) is 1. The van der Waals surface area contributed by atoms with Crippen molar-refractivity contribution >= 4 is 17.0 Å². The molecule has 2 aromatic rings. The highest BCUT2D eigenvalue weighted by Gasteiger charge is 2.26. The van der Waals surface area contributed by atoms with E-state index in [9.17, 15) is 0 Å². The first-order chi connectivity index (χ1) is 8.40. The first-order valence-electron chi connectivity index (χ1n) is 5.80. The highest BCUT2D eigenvalue weighted by atomic mass is 16.5. The number of nitrogens with zero attached hydrogens (tertiary/aromatic N) is 4. The van der Waals surface area contributed by atoms with Gasteiger partial charge in [-0.1, -0.05) is 0 Å². The van der Waals surface area contributed by atoms with Crippen molar-refractivity contribution < 1.29 is 4.74 Å². The van der Waals surface area contributed by atoms with E-state index in [1.54, 1.807) is 13.4 Å². The highest BCUT2D eigenvalue weighted by molar-refractivity contribution is 5.82. The first kappa shape index (κ1) is 10.5. The summed E-state index contributed by atoms with van der Waals surface area (Å²) in [4.78, 5) is 12.9. The highest BCUT2D eigenvalue weighted by Crippen LogP contribution is 2.37. The van der Waals surface area contributed by atoms with E-state index in [2.05, 4.69) is 24.8 Å². The zero-order valence-electron chi connectivity index (χ0n) is 9.76. The normalized spacial score (nSPS) is 15.4. The van der Waals surface area contributed by atoms with Crippen LogP contribution in [0.4, 0.5) is 5.82 Å². The Bertz CT molecular complexity index is 520. The molecule has 0 unspecified atom stereocenters. The van der Waals surface area contributed by atoms with Gasteiger partial charge in [0, 0.05) is 19.7 Å². The molecule has 6 heteroatoms. The molecule has 1 saturated carbocycles. The second-order valence-electron chi connectivity index (χ2n) is 4.20. The lowest BCUT2D eigenvalue weighted by Crippen LogP contribution is -2.09. The third-order valence-electron chi connectivity index (χ3n) is 2.90. The monoisotopic (exact) mass is 233 g/mol. The smallest absolute Gasteiger partial charge is 0.165 e. The number of methoxy groups -OCH3 is 1. The van der Waals surface area contributed by atoms with E-state index in [-0.39, 0.29) is 0 Å². The summed E-state index contributed by atoms with van der Waals surface area (Å²) in [5.74, 6) is 0.784. The second-order valence-corrected chi connectivity index (χ2v) is 4.20. The number of fused-ring (bicyclic) bond motifs is 1. The summed E-state index contributed by atoms with van der Waals surface area (Å²) >= 11 is 0. The third kappa shape index (κ3) is 1.95. The van der Waals surface area contributed by atoms with Gasteiger partial charge < -0.3 is 14.6 Å². The van der Waals surface area contributed by atoms with Crippen molar-refractivity contribution in [3.05, 3.63) is 12.7 Å². The van der Waals surface area contributed by atoms with Gasteiger partial charge in [-0.05, 0) is 12.8 Å². The SMILES string of the molecule is COCCNc1ncnc2c1ncn2C1CC1. The van der Waals surface area contributed by atoms with Gasteiger partial charge in [0.2, 0.25) is 0 Å². The number of hydrogen-bond acceptors (Lipinski definition) is 5. The van der Waals surface area contributed by atoms with E-state index in [0.717, 1.165) is 23.5 Å². The number of imidazole rings is 1. The van der Waals surface area contributed by atoms with Crippen molar-refractivity contribution in [3.8, 4) is 0 Å². The zero-order chi connectivity index (χ0) is 11.7. The lowest BCUT2D eigenvalue weighted by molar-refractivity contribution is 0.210. The predicted molar refractivity (Wildman–Crippen MR) is 64.0 cm³/mol. The Hall–Kier alpha value is -1.69. The van der Waals surface area contributed by atoms with Crippen molar-refractivity contribution in [1.82, 2.24) is 19.5 Å². The summed E-state index contributed by atoms with van der Waals surface area (Å²) in [6, 6.07) is 0.585. The van der Waals surface area contributed by atoms with Crippen LogP contribution in [-0.4, -0.2) is 39.8 Å². The van der Waals surface area contributed by atoms with Crippen LogP contribution in [-0.2, 0) is 4.74 Å². The van der Waals surface area contributed by atoms with Crippen LogP contribution in [0, 0.1) is 0 Å². The maximum atomic E-state index is 5.00. The molecule has 1 aliphatic carbocycles. The van der Waals surface area contributed by atoms with Gasteiger partial charge in [-0.25, -0.2) is 15.0 Å². The Labute approximate surface area is 99.0 Å². The topological polar surface area (TPSA) is 64.9 Å². The number of rotatable bonds is 5. The summed E-state index contributed by atoms with van der Waals surface area (Å²) in [5.41, 5.74) is 1.76. The molecule has 3 rings (SSSR count). The van der Waals surface area contributed by atoms with Crippen LogP contribution in [0.5, 0.6) is 0 Å². The van der Waals surface area contributed by atoms with Gasteiger partial charge in [-0.3, -0.25) is 0 Å². The zero-order valence-corrected chi connectivity index (χ0v) is 9.76. The lowest BCUT2D eigenvalue weighted by Gasteiger charge is -2.05. The van der Waals surface area contributed by atoms with Gasteiger partial charge in [0.15, 0.2) is 11.5 Å². The van der Waals surface area contributed by atoms with Gasteiger partial charge in [0.1, 0.15) is 11.8 Å². The van der Waals surface area contributed by atoms with E-state index < -0.39 is 0 Å². The molecule has 0 aliphatic heterocycles. The predicted octanol–water partition coefficient (Wildman–Crippen LogP) is 1.22. The average molecular weight is 233 g/mol. The molecule has 2 heterocycles. The molecular weight excluding hydrogens is 218 g/mol. The van der Waals surface area contributed by atoms with Crippen LogP contribution in [0.3, 0.4) is 0 Å². The molecule has 1 aliphatic rings. The van der Waals surface area contributed by atoms with Crippen molar-refractivity contribution in [2.45, 2.75) is 18.9 Å². The fourth-order valence-electron chi connectivity index (χ4n) is 1.87. The van der Waals surface area contributed by atoms with E-state index >= 15 is 0 Å². The van der Waals surface area contributed by atoms with E-state index in [1.807, 2.05) is 6.33 Å². The molecule has 0 bridgehead atoms. The average Bonchev–Trinajstić information content (AvgIpc) is 3.10. The molecule has 6 nitrogen and oxygen atoms in total. The minimum Gasteiger partial charge on any atom is -0.383 e. The van der Waals surface area contributed by atoms with Crippen LogP contribution in [0.25, 0.3) is 11.2 Å². The minimum absolute atomic E-state index is 0.585. The number of ether oxygens (including phenoxy) is 1. The Balaban J connectivity index is 1.90. The quantitative estimate of drug-likeness (QED) is 0.787. The summed E-state index contributed by atoms with van der Waals surface area (Å²) < 4.78 is 7.13. The molecule has 0 aromatic carbocycles. The molecular formula is C11H15N5O. The maximum Gasteiger partial charge on any atom is 0.165 e. The van der Waals surface area contributed by atoms with Gasteiger partial charge >= 0.3 is 0 Å². The third-order valence-corrected chi connectivity index (χ3v) is 2.90. The molecule has 1 fully saturated rings. The van der Waals surface area contributed by atoms with E-state index in [4.69, 9.17) is 4.74 Å². The van der Waals surface area contributed by atoms with Crippen molar-refractivity contribution in [2.24, 2.45) is 0 Å². The molecule has 17 heavy (non-hydrogen) atoms. The molecule has 0 radical (unpaired) electrons. The maximum absolute atomic E-state index is 5.00. The fraction of sp³-hybridized carbons (Fsp3) is 0.545. The Morgan fingerprint density at radius 1 is 1.41 bits per heavy atom. The Morgan fingerprint density at radius 3 is 3.06 bits per heavy atom. The summed E-state index contributed by atoms with van der Waals surface area (Å²) in [6.45, 7) is 1.37. The molecule has 2 aromatic heterocycles. The number of hydrogen-bond donors (Lipinski definition) is 1. The van der Waals surface area contributed by atoms with E-state index in [1.165, 1.54) is 12.8 Å². The van der Waals surface area contributed by atoms with Crippen LogP contribution in [0.1, 0.15) is 18.9 Å². The minimum atomic E-state index is 0.585. The molecule has 90 valence electrons. The van der Waals surface area contributed by atoms with Crippen LogP contribution in [0.15, 0.2) is 12.7 Å². The number of anilines is 1. The second kappa shape index (κ2) is 4.29. The van der Waals surface area contributed by atoms with Gasteiger partial charge in [0.25, 0.3) is 0 Å². The number of aromatic nitrogens is 4. The van der Waals surface area contributed by atoms with Gasteiger partial charge in [-0.2, -0.15) is 0 Å². The van der Waals surface area contributed by atoms with Gasteiger partial charge in [-0.15, -0.1) is 0 Å². The largest absolute Gasteiger partial charge is 0.383 e. The first-order valence-corrected chi connectivity index (χ1v) is 5.80. The summed E-state index contributed by atoms with van der Waals surface area (Å²) in [5, 5.41) is 3.21. The van der Waals surface area contributed by atoms with Gasteiger partial charge in [0.05, 0.1) is 12.9 Å². The van der Waals surface area contributed by atoms with Crippen LogP contribution >= 0.6 is 0 Å². The van der Waals surface area contributed by atoms with Crippen molar-refractivity contribution in [2.75, 3.05) is 25.6 Å². The summed E-state index contributed by atoms with van der Waals surface area (Å²) in [6.07, 6.45) is 5.89. The Morgan fingerprint density at radius 2 is 2.29 bits per heavy atom. The Kier molecular flexibility index (Phi) is 2.64. The fourth-order valence-corrected chi connectivity index (χ4v) is 1.87. The van der Waals surface area contributed by atoms with E-state index in [0.29, 0.717) is 12.6 Å². The standard InChI is InChI=1S/C11H15N5O/c1-17-5-4-12-10-9-11(14-6-13-10)16(7-15-9)8-2-3-8/h6-8H,2-5H2,1H3,(H,12,13,14). The molecule has 0 saturated heterocycles.